The maximum atomic E-state index is 12.6. The van der Waals surface area contributed by atoms with Crippen molar-refractivity contribution in [3.05, 3.63) is 69.8 Å². The first-order chi connectivity index (χ1) is 14.7. The molecule has 2 aromatic heterocycles. The zero-order valence-corrected chi connectivity index (χ0v) is 20.0. The van der Waals surface area contributed by atoms with Crippen LogP contribution in [0, 0.1) is 6.92 Å². The smallest absolute Gasteiger partial charge is 0.257 e. The standard InChI is InChI=1S/C22H21BrN6OS/c1-13-18(26-28-29(13)17-11-9-16(23)10-12-17)19-24-21(31-27-19)25-20(30)14-5-7-15(8-6-14)22(2,3)4/h5-12H,1-4H3,(H,24,25,27,30). The zero-order valence-electron chi connectivity index (χ0n) is 17.5. The van der Waals surface area contributed by atoms with Gasteiger partial charge >= 0.3 is 0 Å². The van der Waals surface area contributed by atoms with Gasteiger partial charge in [-0.15, -0.1) is 5.10 Å². The van der Waals surface area contributed by atoms with Crippen LogP contribution in [0.5, 0.6) is 0 Å². The molecule has 0 spiro atoms. The lowest BCUT2D eigenvalue weighted by atomic mass is 9.87. The molecule has 4 aromatic rings. The highest BCUT2D eigenvalue weighted by Gasteiger charge is 2.18. The summed E-state index contributed by atoms with van der Waals surface area (Å²) in [7, 11) is 0. The van der Waals surface area contributed by atoms with Gasteiger partial charge in [-0.3, -0.25) is 10.1 Å². The maximum Gasteiger partial charge on any atom is 0.257 e. The van der Waals surface area contributed by atoms with Gasteiger partial charge in [0.25, 0.3) is 5.91 Å². The molecule has 0 aliphatic rings. The highest BCUT2D eigenvalue weighted by Crippen LogP contribution is 2.25. The van der Waals surface area contributed by atoms with Crippen LogP contribution in [0.2, 0.25) is 0 Å². The van der Waals surface area contributed by atoms with Crippen LogP contribution in [0.25, 0.3) is 17.2 Å². The van der Waals surface area contributed by atoms with Crippen LogP contribution < -0.4 is 5.32 Å². The van der Waals surface area contributed by atoms with Crippen LogP contribution in [-0.2, 0) is 5.41 Å². The molecule has 0 saturated carbocycles. The molecule has 0 saturated heterocycles. The largest absolute Gasteiger partial charge is 0.297 e. The van der Waals surface area contributed by atoms with Crippen molar-refractivity contribution in [2.45, 2.75) is 33.1 Å². The van der Waals surface area contributed by atoms with Crippen molar-refractivity contribution in [3.63, 3.8) is 0 Å². The van der Waals surface area contributed by atoms with E-state index in [1.54, 1.807) is 4.68 Å². The van der Waals surface area contributed by atoms with Gasteiger partial charge in [0, 0.05) is 21.6 Å². The summed E-state index contributed by atoms with van der Waals surface area (Å²) in [5.74, 6) is 0.211. The van der Waals surface area contributed by atoms with E-state index in [1.807, 2.05) is 55.5 Å². The molecule has 1 N–H and O–H groups in total. The lowest BCUT2D eigenvalue weighted by molar-refractivity contribution is 0.102. The Bertz CT molecular complexity index is 1220. The Kier molecular flexibility index (Phi) is 5.72. The molecular formula is C22H21BrN6OS. The van der Waals surface area contributed by atoms with E-state index in [-0.39, 0.29) is 11.3 Å². The fourth-order valence-corrected chi connectivity index (χ4v) is 3.85. The maximum absolute atomic E-state index is 12.6. The molecule has 0 aliphatic carbocycles. The Hall–Kier alpha value is -2.91. The molecule has 7 nitrogen and oxygen atoms in total. The van der Waals surface area contributed by atoms with Crippen molar-refractivity contribution in [3.8, 4) is 17.2 Å². The summed E-state index contributed by atoms with van der Waals surface area (Å²) >= 11 is 4.55. The van der Waals surface area contributed by atoms with Crippen molar-refractivity contribution in [1.82, 2.24) is 24.4 Å². The number of hydrogen-bond donors (Lipinski definition) is 1. The molecule has 0 bridgehead atoms. The summed E-state index contributed by atoms with van der Waals surface area (Å²) in [4.78, 5) is 17.0. The van der Waals surface area contributed by atoms with Gasteiger partial charge < -0.3 is 0 Å². The monoisotopic (exact) mass is 496 g/mol. The number of carbonyl (C=O) groups is 1. The Labute approximate surface area is 192 Å². The van der Waals surface area contributed by atoms with E-state index in [1.165, 1.54) is 5.56 Å². The van der Waals surface area contributed by atoms with Crippen LogP contribution in [0.4, 0.5) is 5.13 Å². The van der Waals surface area contributed by atoms with Crippen LogP contribution in [-0.4, -0.2) is 30.3 Å². The Morgan fingerprint density at radius 1 is 1.06 bits per heavy atom. The van der Waals surface area contributed by atoms with Crippen molar-refractivity contribution in [2.75, 3.05) is 5.32 Å². The quantitative estimate of drug-likeness (QED) is 0.408. The molecule has 1 amide bonds. The van der Waals surface area contributed by atoms with Crippen molar-refractivity contribution in [1.29, 1.82) is 0 Å². The zero-order chi connectivity index (χ0) is 22.2. The number of amides is 1. The number of nitrogens with one attached hydrogen (secondary N) is 1. The van der Waals surface area contributed by atoms with Gasteiger partial charge in [0.15, 0.2) is 11.5 Å². The fourth-order valence-electron chi connectivity index (χ4n) is 3.02. The highest BCUT2D eigenvalue weighted by atomic mass is 79.9. The van der Waals surface area contributed by atoms with Gasteiger partial charge in [-0.1, -0.05) is 54.0 Å². The second-order valence-corrected chi connectivity index (χ2v) is 9.78. The number of carbonyl (C=O) groups excluding carboxylic acids is 1. The lowest BCUT2D eigenvalue weighted by Crippen LogP contribution is -2.14. The minimum atomic E-state index is -0.224. The molecule has 0 atom stereocenters. The van der Waals surface area contributed by atoms with E-state index in [9.17, 15) is 4.79 Å². The van der Waals surface area contributed by atoms with Gasteiger partial charge in [0.2, 0.25) is 5.13 Å². The SMILES string of the molecule is Cc1c(-c2nsc(NC(=O)c3ccc(C(C)(C)C)cc3)n2)nnn1-c1ccc(Br)cc1. The van der Waals surface area contributed by atoms with Gasteiger partial charge in [0.05, 0.1) is 11.4 Å². The normalized spacial score (nSPS) is 11.5. The lowest BCUT2D eigenvalue weighted by Gasteiger charge is -2.18. The van der Waals surface area contributed by atoms with E-state index in [4.69, 9.17) is 0 Å². The molecule has 158 valence electrons. The minimum Gasteiger partial charge on any atom is -0.297 e. The summed E-state index contributed by atoms with van der Waals surface area (Å²) in [5, 5.41) is 11.7. The van der Waals surface area contributed by atoms with Crippen LogP contribution in [0.1, 0.15) is 42.4 Å². The first kappa shape index (κ1) is 21.3. The molecule has 4 rings (SSSR count). The minimum absolute atomic E-state index is 0.0364. The van der Waals surface area contributed by atoms with Crippen LogP contribution in [0.3, 0.4) is 0 Å². The Morgan fingerprint density at radius 3 is 2.39 bits per heavy atom. The number of anilines is 1. The third-order valence-electron chi connectivity index (χ3n) is 4.84. The van der Waals surface area contributed by atoms with E-state index in [2.05, 4.69) is 61.7 Å². The van der Waals surface area contributed by atoms with Crippen molar-refractivity contribution >= 4 is 38.5 Å². The van der Waals surface area contributed by atoms with E-state index in [0.29, 0.717) is 22.2 Å². The molecule has 0 aliphatic heterocycles. The van der Waals surface area contributed by atoms with Crippen molar-refractivity contribution in [2.24, 2.45) is 0 Å². The second kappa shape index (κ2) is 8.32. The number of halogens is 1. The van der Waals surface area contributed by atoms with Gasteiger partial charge in [-0.2, -0.15) is 9.36 Å². The summed E-state index contributed by atoms with van der Waals surface area (Å²) in [6.07, 6.45) is 0. The van der Waals surface area contributed by atoms with Crippen LogP contribution >= 0.6 is 27.5 Å². The Balaban J connectivity index is 1.51. The number of hydrogen-bond acceptors (Lipinski definition) is 6. The third kappa shape index (κ3) is 4.57. The van der Waals surface area contributed by atoms with E-state index in [0.717, 1.165) is 27.4 Å². The molecule has 9 heteroatoms. The average Bonchev–Trinajstić information content (AvgIpc) is 3.34. The predicted octanol–water partition coefficient (Wildman–Crippen LogP) is 5.41. The first-order valence-electron chi connectivity index (χ1n) is 9.66. The van der Waals surface area contributed by atoms with Crippen molar-refractivity contribution < 1.29 is 4.79 Å². The topological polar surface area (TPSA) is 85.6 Å². The number of aromatic nitrogens is 5. The predicted molar refractivity (Wildman–Crippen MR) is 126 cm³/mol. The highest BCUT2D eigenvalue weighted by molar-refractivity contribution is 9.10. The van der Waals surface area contributed by atoms with E-state index >= 15 is 0 Å². The molecule has 2 heterocycles. The molecule has 0 radical (unpaired) electrons. The van der Waals surface area contributed by atoms with Gasteiger partial charge in [-0.25, -0.2) is 4.68 Å². The molecule has 0 unspecified atom stereocenters. The number of rotatable bonds is 4. The molecular weight excluding hydrogens is 476 g/mol. The number of nitrogens with zero attached hydrogens (tertiary/aromatic N) is 5. The fraction of sp³-hybridized carbons (Fsp3) is 0.227. The molecule has 0 fully saturated rings. The second-order valence-electron chi connectivity index (χ2n) is 8.12. The third-order valence-corrected chi connectivity index (χ3v) is 6.00. The molecule has 2 aromatic carbocycles. The van der Waals surface area contributed by atoms with E-state index < -0.39 is 0 Å². The molecule has 31 heavy (non-hydrogen) atoms. The summed E-state index contributed by atoms with van der Waals surface area (Å²) in [6.45, 7) is 8.33. The summed E-state index contributed by atoms with van der Waals surface area (Å²) in [5.41, 5.74) is 4.06. The Morgan fingerprint density at radius 2 is 1.74 bits per heavy atom. The average molecular weight is 497 g/mol. The van der Waals surface area contributed by atoms with Crippen LogP contribution in [0.15, 0.2) is 53.0 Å². The number of benzene rings is 2. The summed E-state index contributed by atoms with van der Waals surface area (Å²) < 4.78 is 7.08. The van der Waals surface area contributed by atoms with Gasteiger partial charge in [0.1, 0.15) is 0 Å². The summed E-state index contributed by atoms with van der Waals surface area (Å²) in [6, 6.07) is 15.4. The first-order valence-corrected chi connectivity index (χ1v) is 11.2. The van der Waals surface area contributed by atoms with Gasteiger partial charge in [-0.05, 0) is 54.3 Å².